The van der Waals surface area contributed by atoms with Gasteiger partial charge >= 0.3 is 0 Å². The molecule has 0 saturated heterocycles. The maximum atomic E-state index is 3.74. The van der Waals surface area contributed by atoms with Gasteiger partial charge in [-0.2, -0.15) is 0 Å². The van der Waals surface area contributed by atoms with Crippen molar-refractivity contribution in [3.05, 3.63) is 69.7 Å². The Morgan fingerprint density at radius 3 is 2.30 bits per heavy atom. The number of hydrogen-bond donors (Lipinski definition) is 1. The van der Waals surface area contributed by atoms with E-state index in [9.17, 15) is 0 Å². The van der Waals surface area contributed by atoms with Crippen LogP contribution in [-0.4, -0.2) is 0 Å². The molecule has 2 aromatic carbocycles. The summed E-state index contributed by atoms with van der Waals surface area (Å²) in [5, 5.41) is 3.74. The third-order valence-corrected chi connectivity index (χ3v) is 4.32. The summed E-state index contributed by atoms with van der Waals surface area (Å²) in [6.45, 7) is 6.64. The highest BCUT2D eigenvalue weighted by atomic mass is 79.9. The van der Waals surface area contributed by atoms with Crippen LogP contribution in [0.15, 0.2) is 53.0 Å². The summed E-state index contributed by atoms with van der Waals surface area (Å²) in [7, 11) is 0. The summed E-state index contributed by atoms with van der Waals surface area (Å²) in [6, 6.07) is 17.9. The molecule has 0 aliphatic rings. The molecule has 2 rings (SSSR count). The molecular formula is C18H22BrN. The predicted octanol–water partition coefficient (Wildman–Crippen LogP) is 5.56. The second kappa shape index (κ2) is 7.05. The third kappa shape index (κ3) is 3.71. The summed E-state index contributed by atoms with van der Waals surface area (Å²) >= 11 is 3.49. The van der Waals surface area contributed by atoms with Crippen LogP contribution in [0, 0.1) is 6.92 Å². The second-order valence-electron chi connectivity index (χ2n) is 5.26. The topological polar surface area (TPSA) is 12.0 Å². The van der Waals surface area contributed by atoms with Crippen molar-refractivity contribution in [1.82, 2.24) is 5.32 Å². The van der Waals surface area contributed by atoms with Gasteiger partial charge in [-0.25, -0.2) is 0 Å². The molecule has 2 aromatic rings. The largest absolute Gasteiger partial charge is 0.303 e. The maximum Gasteiger partial charge on any atom is 0.0323 e. The monoisotopic (exact) mass is 331 g/mol. The first-order chi connectivity index (χ1) is 9.61. The zero-order valence-corrected chi connectivity index (χ0v) is 13.9. The lowest BCUT2D eigenvalue weighted by Gasteiger charge is -2.24. The Kier molecular flexibility index (Phi) is 5.38. The van der Waals surface area contributed by atoms with E-state index in [0.29, 0.717) is 12.1 Å². The average Bonchev–Trinajstić information content (AvgIpc) is 2.46. The Bertz CT molecular complexity index is 548. The molecule has 1 nitrogen and oxygen atoms in total. The predicted molar refractivity (Wildman–Crippen MR) is 89.9 cm³/mol. The summed E-state index contributed by atoms with van der Waals surface area (Å²) in [6.07, 6.45) is 1.08. The molecule has 0 amide bonds. The lowest BCUT2D eigenvalue weighted by molar-refractivity contribution is 0.455. The van der Waals surface area contributed by atoms with Crippen molar-refractivity contribution < 1.29 is 0 Å². The van der Waals surface area contributed by atoms with Crippen molar-refractivity contribution in [2.24, 2.45) is 0 Å². The number of benzene rings is 2. The normalized spacial score (nSPS) is 14.0. The molecule has 0 aliphatic heterocycles. The molecule has 2 atom stereocenters. The first-order valence-electron chi connectivity index (χ1n) is 7.19. The molecule has 20 heavy (non-hydrogen) atoms. The summed E-state index contributed by atoms with van der Waals surface area (Å²) in [5.74, 6) is 0. The number of hydrogen-bond acceptors (Lipinski definition) is 1. The van der Waals surface area contributed by atoms with Gasteiger partial charge in [0.05, 0.1) is 0 Å². The third-order valence-electron chi connectivity index (χ3n) is 3.79. The highest BCUT2D eigenvalue weighted by Crippen LogP contribution is 2.24. The van der Waals surface area contributed by atoms with Gasteiger partial charge in [-0.3, -0.25) is 0 Å². The van der Waals surface area contributed by atoms with Crippen LogP contribution in [0.3, 0.4) is 0 Å². The van der Waals surface area contributed by atoms with Gasteiger partial charge < -0.3 is 5.32 Å². The molecule has 0 heterocycles. The van der Waals surface area contributed by atoms with E-state index >= 15 is 0 Å². The van der Waals surface area contributed by atoms with Crippen LogP contribution in [0.25, 0.3) is 0 Å². The fourth-order valence-corrected chi connectivity index (χ4v) is 2.87. The molecule has 0 aliphatic carbocycles. The molecular weight excluding hydrogens is 310 g/mol. The molecule has 0 radical (unpaired) electrons. The minimum absolute atomic E-state index is 0.352. The van der Waals surface area contributed by atoms with Crippen LogP contribution in [-0.2, 0) is 0 Å². The second-order valence-corrected chi connectivity index (χ2v) is 6.17. The van der Waals surface area contributed by atoms with E-state index in [4.69, 9.17) is 0 Å². The Morgan fingerprint density at radius 1 is 1.05 bits per heavy atom. The molecule has 1 N–H and O–H groups in total. The van der Waals surface area contributed by atoms with Gasteiger partial charge in [-0.05, 0) is 49.1 Å². The van der Waals surface area contributed by atoms with E-state index in [-0.39, 0.29) is 0 Å². The Morgan fingerprint density at radius 2 is 1.70 bits per heavy atom. The van der Waals surface area contributed by atoms with Crippen molar-refractivity contribution in [3.8, 4) is 0 Å². The SMILES string of the molecule is CCC(N[C@@H](C)c1ccccc1C)c1ccc(Br)cc1. The summed E-state index contributed by atoms with van der Waals surface area (Å²) < 4.78 is 1.13. The highest BCUT2D eigenvalue weighted by molar-refractivity contribution is 9.10. The standard InChI is InChI=1S/C18H22BrN/c1-4-18(15-9-11-16(19)12-10-15)20-14(3)17-8-6-5-7-13(17)2/h5-12,14,18,20H,4H2,1-3H3/t14-,18?/m0/s1. The molecule has 0 saturated carbocycles. The quantitative estimate of drug-likeness (QED) is 0.756. The fourth-order valence-electron chi connectivity index (χ4n) is 2.61. The van der Waals surface area contributed by atoms with Crippen molar-refractivity contribution >= 4 is 15.9 Å². The van der Waals surface area contributed by atoms with Gasteiger partial charge in [0.1, 0.15) is 0 Å². The van der Waals surface area contributed by atoms with Gasteiger partial charge in [0.15, 0.2) is 0 Å². The minimum Gasteiger partial charge on any atom is -0.303 e. The van der Waals surface area contributed by atoms with Gasteiger partial charge in [0, 0.05) is 16.6 Å². The van der Waals surface area contributed by atoms with Crippen LogP contribution < -0.4 is 5.32 Å². The molecule has 0 bridgehead atoms. The van der Waals surface area contributed by atoms with Crippen LogP contribution in [0.1, 0.15) is 49.0 Å². The summed E-state index contributed by atoms with van der Waals surface area (Å²) in [4.78, 5) is 0. The van der Waals surface area contributed by atoms with Crippen molar-refractivity contribution in [1.29, 1.82) is 0 Å². The van der Waals surface area contributed by atoms with E-state index in [2.05, 4.69) is 90.5 Å². The van der Waals surface area contributed by atoms with Gasteiger partial charge in [-0.15, -0.1) is 0 Å². The van der Waals surface area contributed by atoms with Crippen LogP contribution in [0.5, 0.6) is 0 Å². The van der Waals surface area contributed by atoms with E-state index in [1.165, 1.54) is 16.7 Å². The number of halogens is 1. The average molecular weight is 332 g/mol. The van der Waals surface area contributed by atoms with Crippen molar-refractivity contribution in [3.63, 3.8) is 0 Å². The first-order valence-corrected chi connectivity index (χ1v) is 7.98. The number of rotatable bonds is 5. The lowest BCUT2D eigenvalue weighted by Crippen LogP contribution is -2.24. The highest BCUT2D eigenvalue weighted by Gasteiger charge is 2.14. The molecule has 2 heteroatoms. The Balaban J connectivity index is 2.14. The van der Waals surface area contributed by atoms with E-state index < -0.39 is 0 Å². The van der Waals surface area contributed by atoms with Gasteiger partial charge in [0.25, 0.3) is 0 Å². The molecule has 0 aromatic heterocycles. The van der Waals surface area contributed by atoms with Crippen LogP contribution >= 0.6 is 15.9 Å². The number of aryl methyl sites for hydroxylation is 1. The van der Waals surface area contributed by atoms with E-state index in [1.807, 2.05) is 0 Å². The molecule has 1 unspecified atom stereocenters. The zero-order valence-electron chi connectivity index (χ0n) is 12.4. The minimum atomic E-state index is 0.352. The Labute approximate surface area is 130 Å². The fraction of sp³-hybridized carbons (Fsp3) is 0.333. The van der Waals surface area contributed by atoms with Crippen LogP contribution in [0.2, 0.25) is 0 Å². The van der Waals surface area contributed by atoms with Crippen molar-refractivity contribution in [2.75, 3.05) is 0 Å². The summed E-state index contributed by atoms with van der Waals surface area (Å²) in [5.41, 5.74) is 4.07. The molecule has 106 valence electrons. The van der Waals surface area contributed by atoms with E-state index in [0.717, 1.165) is 10.9 Å². The van der Waals surface area contributed by atoms with Gasteiger partial charge in [0.2, 0.25) is 0 Å². The number of nitrogens with one attached hydrogen (secondary N) is 1. The smallest absolute Gasteiger partial charge is 0.0323 e. The Hall–Kier alpha value is -1.12. The molecule has 0 spiro atoms. The van der Waals surface area contributed by atoms with E-state index in [1.54, 1.807) is 0 Å². The van der Waals surface area contributed by atoms with Crippen molar-refractivity contribution in [2.45, 2.75) is 39.3 Å². The molecule has 0 fully saturated rings. The zero-order chi connectivity index (χ0) is 14.5. The lowest BCUT2D eigenvalue weighted by atomic mass is 9.99. The first kappa shape index (κ1) is 15.3. The van der Waals surface area contributed by atoms with Crippen LogP contribution in [0.4, 0.5) is 0 Å². The van der Waals surface area contributed by atoms with Gasteiger partial charge in [-0.1, -0.05) is 59.3 Å². The maximum absolute atomic E-state index is 3.74.